The molecule has 126 valence electrons. The number of carbonyl (C=O) groups is 1. The summed E-state index contributed by atoms with van der Waals surface area (Å²) >= 11 is 0. The lowest BCUT2D eigenvalue weighted by atomic mass is 9.91. The van der Waals surface area contributed by atoms with Crippen LogP contribution < -0.4 is 11.5 Å². The van der Waals surface area contributed by atoms with Crippen molar-refractivity contribution in [3.63, 3.8) is 0 Å². The molecule has 2 aromatic carbocycles. The molecule has 5 N–H and O–H groups in total. The third kappa shape index (κ3) is 3.17. The lowest BCUT2D eigenvalue weighted by Gasteiger charge is -2.16. The highest BCUT2D eigenvalue weighted by molar-refractivity contribution is 5.93. The minimum Gasteiger partial charge on any atom is -0.508 e. The molecule has 1 heterocycles. The molecule has 3 aromatic rings. The Bertz CT molecular complexity index is 917. The molecule has 0 unspecified atom stereocenters. The number of amides is 1. The largest absolute Gasteiger partial charge is 0.508 e. The topological polar surface area (TPSA) is 102 Å². The van der Waals surface area contributed by atoms with Gasteiger partial charge in [-0.15, -0.1) is 0 Å². The second kappa shape index (κ2) is 6.65. The number of rotatable bonds is 4. The van der Waals surface area contributed by atoms with Crippen LogP contribution >= 0.6 is 0 Å². The average Bonchev–Trinajstić information content (AvgIpc) is 2.62. The zero-order chi connectivity index (χ0) is 18.0. The zero-order valence-corrected chi connectivity index (χ0v) is 13.9. The van der Waals surface area contributed by atoms with Gasteiger partial charge in [-0.2, -0.15) is 0 Å². The van der Waals surface area contributed by atoms with Gasteiger partial charge >= 0.3 is 0 Å². The van der Waals surface area contributed by atoms with Crippen LogP contribution in [0.4, 0.5) is 5.82 Å². The van der Waals surface area contributed by atoms with E-state index in [1.165, 1.54) is 0 Å². The Balaban J connectivity index is 2.16. The number of hydrogen-bond donors (Lipinski definition) is 3. The normalized spacial score (nSPS) is 10.6. The van der Waals surface area contributed by atoms with Crippen molar-refractivity contribution in [3.8, 4) is 28.0 Å². The van der Waals surface area contributed by atoms with Crippen molar-refractivity contribution in [1.29, 1.82) is 0 Å². The molecule has 0 aliphatic carbocycles. The summed E-state index contributed by atoms with van der Waals surface area (Å²) < 4.78 is 0. The SMILES string of the molecule is CCc1c(-c2ccc(C(N)=O)cc2)cnc(N)c1-c1ccc(O)cc1. The van der Waals surface area contributed by atoms with Crippen molar-refractivity contribution >= 4 is 11.7 Å². The van der Waals surface area contributed by atoms with E-state index in [4.69, 9.17) is 11.5 Å². The van der Waals surface area contributed by atoms with Gasteiger partial charge in [0.15, 0.2) is 0 Å². The van der Waals surface area contributed by atoms with Crippen molar-refractivity contribution in [1.82, 2.24) is 4.98 Å². The molecule has 5 nitrogen and oxygen atoms in total. The molecule has 0 saturated heterocycles. The molecule has 0 radical (unpaired) electrons. The van der Waals surface area contributed by atoms with Gasteiger partial charge in [-0.25, -0.2) is 4.98 Å². The standard InChI is InChI=1S/C20H19N3O2/c1-2-16-17(12-3-5-14(6-4-12)20(22)25)11-23-19(21)18(16)13-7-9-15(24)10-8-13/h3-11,24H,2H2,1H3,(H2,21,23)(H2,22,25). The summed E-state index contributed by atoms with van der Waals surface area (Å²) in [6.07, 6.45) is 2.51. The lowest BCUT2D eigenvalue weighted by Crippen LogP contribution is -2.10. The minimum absolute atomic E-state index is 0.200. The van der Waals surface area contributed by atoms with Crippen LogP contribution in [0.1, 0.15) is 22.8 Å². The summed E-state index contributed by atoms with van der Waals surface area (Å²) in [4.78, 5) is 15.6. The molecule has 1 aromatic heterocycles. The number of benzene rings is 2. The maximum absolute atomic E-state index is 11.3. The van der Waals surface area contributed by atoms with E-state index in [0.29, 0.717) is 11.4 Å². The van der Waals surface area contributed by atoms with Crippen molar-refractivity contribution in [3.05, 3.63) is 65.9 Å². The third-order valence-corrected chi connectivity index (χ3v) is 4.21. The highest BCUT2D eigenvalue weighted by Crippen LogP contribution is 2.36. The van der Waals surface area contributed by atoms with Gasteiger partial charge in [-0.05, 0) is 47.4 Å². The number of phenolic OH excluding ortho intramolecular Hbond substituents is 1. The van der Waals surface area contributed by atoms with Crippen LogP contribution in [-0.4, -0.2) is 16.0 Å². The number of pyridine rings is 1. The number of aromatic nitrogens is 1. The van der Waals surface area contributed by atoms with E-state index >= 15 is 0 Å². The average molecular weight is 333 g/mol. The first kappa shape index (κ1) is 16.5. The first-order valence-electron chi connectivity index (χ1n) is 7.98. The Morgan fingerprint density at radius 2 is 1.64 bits per heavy atom. The Hall–Kier alpha value is -3.34. The number of carbonyl (C=O) groups excluding carboxylic acids is 1. The molecule has 0 bridgehead atoms. The van der Waals surface area contributed by atoms with E-state index in [1.807, 2.05) is 24.3 Å². The minimum atomic E-state index is -0.456. The lowest BCUT2D eigenvalue weighted by molar-refractivity contribution is 0.100. The summed E-state index contributed by atoms with van der Waals surface area (Å²) in [5.41, 5.74) is 16.6. The Morgan fingerprint density at radius 3 is 2.20 bits per heavy atom. The first-order valence-corrected chi connectivity index (χ1v) is 7.98. The molecule has 0 atom stereocenters. The third-order valence-electron chi connectivity index (χ3n) is 4.21. The van der Waals surface area contributed by atoms with Gasteiger partial charge in [0.1, 0.15) is 11.6 Å². The fraction of sp³-hybridized carbons (Fsp3) is 0.100. The number of nitrogen functional groups attached to an aromatic ring is 1. The van der Waals surface area contributed by atoms with Crippen molar-refractivity contribution in [2.24, 2.45) is 5.73 Å². The molecule has 0 aliphatic rings. The van der Waals surface area contributed by atoms with Crippen molar-refractivity contribution in [2.45, 2.75) is 13.3 Å². The molecule has 1 amide bonds. The van der Waals surface area contributed by atoms with Gasteiger partial charge in [0.25, 0.3) is 0 Å². The molecule has 3 rings (SSSR count). The van der Waals surface area contributed by atoms with Crippen LogP contribution in [0.3, 0.4) is 0 Å². The number of nitrogens with zero attached hydrogens (tertiary/aromatic N) is 1. The molecular weight excluding hydrogens is 314 g/mol. The molecule has 5 heteroatoms. The fourth-order valence-corrected chi connectivity index (χ4v) is 2.95. The van der Waals surface area contributed by atoms with E-state index in [9.17, 15) is 9.90 Å². The van der Waals surface area contributed by atoms with Crippen LogP contribution in [0.5, 0.6) is 5.75 Å². The van der Waals surface area contributed by atoms with Crippen LogP contribution in [0.25, 0.3) is 22.3 Å². The summed E-state index contributed by atoms with van der Waals surface area (Å²) in [5.74, 6) is 0.189. The predicted octanol–water partition coefficient (Wildman–Crippen LogP) is 3.36. The van der Waals surface area contributed by atoms with Gasteiger partial charge in [0, 0.05) is 22.9 Å². The molecule has 0 spiro atoms. The highest BCUT2D eigenvalue weighted by atomic mass is 16.3. The quantitative estimate of drug-likeness (QED) is 0.681. The predicted molar refractivity (Wildman–Crippen MR) is 99.1 cm³/mol. The monoisotopic (exact) mass is 333 g/mol. The van der Waals surface area contributed by atoms with Gasteiger partial charge in [-0.3, -0.25) is 4.79 Å². The second-order valence-electron chi connectivity index (χ2n) is 5.75. The van der Waals surface area contributed by atoms with E-state index in [2.05, 4.69) is 11.9 Å². The summed E-state index contributed by atoms with van der Waals surface area (Å²) in [6.45, 7) is 2.06. The summed E-state index contributed by atoms with van der Waals surface area (Å²) in [7, 11) is 0. The van der Waals surface area contributed by atoms with Gasteiger partial charge in [0.05, 0.1) is 0 Å². The first-order chi connectivity index (χ1) is 12.0. The van der Waals surface area contributed by atoms with Crippen molar-refractivity contribution < 1.29 is 9.90 Å². The van der Waals surface area contributed by atoms with Crippen molar-refractivity contribution in [2.75, 3.05) is 5.73 Å². The van der Waals surface area contributed by atoms with Crippen LogP contribution in [0, 0.1) is 0 Å². The van der Waals surface area contributed by atoms with Crippen LogP contribution in [0.2, 0.25) is 0 Å². The van der Waals surface area contributed by atoms with E-state index in [0.717, 1.165) is 34.2 Å². The Morgan fingerprint density at radius 1 is 1.04 bits per heavy atom. The number of aromatic hydroxyl groups is 1. The van der Waals surface area contributed by atoms with Crippen LogP contribution in [0.15, 0.2) is 54.7 Å². The number of nitrogens with two attached hydrogens (primary N) is 2. The van der Waals surface area contributed by atoms with Gasteiger partial charge in [-0.1, -0.05) is 31.2 Å². The maximum atomic E-state index is 11.3. The molecule has 0 aliphatic heterocycles. The number of primary amides is 1. The number of anilines is 1. The van der Waals surface area contributed by atoms with Gasteiger partial charge in [0.2, 0.25) is 5.91 Å². The highest BCUT2D eigenvalue weighted by Gasteiger charge is 2.15. The molecule has 0 saturated carbocycles. The summed E-state index contributed by atoms with van der Waals surface area (Å²) in [6, 6.07) is 14.0. The maximum Gasteiger partial charge on any atom is 0.248 e. The summed E-state index contributed by atoms with van der Waals surface area (Å²) in [5, 5.41) is 9.52. The van der Waals surface area contributed by atoms with Crippen LogP contribution in [-0.2, 0) is 6.42 Å². The number of hydrogen-bond acceptors (Lipinski definition) is 4. The molecule has 25 heavy (non-hydrogen) atoms. The molecular formula is C20H19N3O2. The molecule has 0 fully saturated rings. The fourth-order valence-electron chi connectivity index (χ4n) is 2.95. The van der Waals surface area contributed by atoms with E-state index in [1.54, 1.807) is 30.5 Å². The van der Waals surface area contributed by atoms with E-state index < -0.39 is 5.91 Å². The number of phenols is 1. The van der Waals surface area contributed by atoms with Gasteiger partial charge < -0.3 is 16.6 Å². The smallest absolute Gasteiger partial charge is 0.248 e. The second-order valence-corrected chi connectivity index (χ2v) is 5.75. The Labute approximate surface area is 145 Å². The Kier molecular flexibility index (Phi) is 4.39. The zero-order valence-electron chi connectivity index (χ0n) is 13.9. The van der Waals surface area contributed by atoms with E-state index in [-0.39, 0.29) is 5.75 Å².